The maximum atomic E-state index is 14.7. The number of nitrogens with zero attached hydrogens (tertiary/aromatic N) is 3. The molecule has 0 bridgehead atoms. The molecule has 8 heteroatoms. The Morgan fingerprint density at radius 3 is 2.85 bits per heavy atom. The number of H-pyrrole nitrogens is 1. The van der Waals surface area contributed by atoms with Gasteiger partial charge in [0.2, 0.25) is 5.90 Å². The number of likely N-dealkylation sites (N-methyl/N-ethyl adjacent to an activating group) is 1. The van der Waals surface area contributed by atoms with Gasteiger partial charge in [-0.15, -0.1) is 0 Å². The summed E-state index contributed by atoms with van der Waals surface area (Å²) in [6.45, 7) is 3.18. The molecule has 0 aliphatic heterocycles. The lowest BCUT2D eigenvalue weighted by Crippen LogP contribution is -2.23. The molecule has 2 heterocycles. The fraction of sp³-hybridized carbons (Fsp3) is 0.280. The number of fused-ring (bicyclic) bond motifs is 1. The number of benzene rings is 1. The minimum Gasteiger partial charge on any atom is -0.475 e. The molecule has 2 aromatic heterocycles. The molecule has 0 atom stereocenters. The zero-order valence-electron chi connectivity index (χ0n) is 19.3. The number of hydrogen-bond acceptors (Lipinski definition) is 5. The maximum absolute atomic E-state index is 14.7. The van der Waals surface area contributed by atoms with E-state index in [1.165, 1.54) is 12.1 Å². The topological polar surface area (TPSA) is 65.5 Å². The number of nitrogens with one attached hydrogen (secondary N) is 2. The standard InChI is InChI=1S/C25H29ClFN5O/c1-5-6-17(20-16-18(26)7-8-21(20)27)15-23(25(28-2)33-14-13-32(3)4)31-22-10-12-30-24-19(22)9-11-29-24/h6-12,15-16H,5,13-14H2,1-4H3,(H2,29,30,31)/b17-6-,23-15+,28-25?. The summed E-state index contributed by atoms with van der Waals surface area (Å²) in [6.07, 6.45) is 8.05. The van der Waals surface area contributed by atoms with Gasteiger partial charge in [-0.2, -0.15) is 0 Å². The highest BCUT2D eigenvalue weighted by atomic mass is 35.5. The van der Waals surface area contributed by atoms with Crippen molar-refractivity contribution in [2.24, 2.45) is 4.99 Å². The summed E-state index contributed by atoms with van der Waals surface area (Å²) < 4.78 is 20.7. The van der Waals surface area contributed by atoms with Crippen molar-refractivity contribution >= 4 is 39.8 Å². The van der Waals surface area contributed by atoms with Crippen molar-refractivity contribution in [3.05, 3.63) is 77.0 Å². The van der Waals surface area contributed by atoms with E-state index >= 15 is 0 Å². The molecule has 0 aliphatic rings. The Balaban J connectivity index is 2.07. The molecular formula is C25H29ClFN5O. The van der Waals surface area contributed by atoms with Crippen LogP contribution in [0.2, 0.25) is 5.02 Å². The van der Waals surface area contributed by atoms with Crippen molar-refractivity contribution in [1.29, 1.82) is 0 Å². The molecule has 0 amide bonds. The first kappa shape index (κ1) is 24.5. The molecule has 2 N–H and O–H groups in total. The number of anilines is 1. The smallest absolute Gasteiger partial charge is 0.232 e. The number of pyridine rings is 1. The number of halogens is 2. The monoisotopic (exact) mass is 469 g/mol. The van der Waals surface area contributed by atoms with E-state index in [4.69, 9.17) is 16.3 Å². The van der Waals surface area contributed by atoms with E-state index in [-0.39, 0.29) is 5.82 Å². The molecule has 33 heavy (non-hydrogen) atoms. The number of ether oxygens (including phenoxy) is 1. The fourth-order valence-corrected chi connectivity index (χ4v) is 3.47. The Kier molecular flexibility index (Phi) is 8.63. The molecule has 0 unspecified atom stereocenters. The number of aromatic amines is 1. The van der Waals surface area contributed by atoms with Crippen LogP contribution in [0, 0.1) is 5.82 Å². The molecule has 0 saturated heterocycles. The second kappa shape index (κ2) is 11.6. The van der Waals surface area contributed by atoms with Crippen molar-refractivity contribution in [2.75, 3.05) is 39.6 Å². The molecule has 174 valence electrons. The van der Waals surface area contributed by atoms with Crippen LogP contribution in [-0.2, 0) is 4.74 Å². The van der Waals surface area contributed by atoms with Gasteiger partial charge in [-0.3, -0.25) is 4.99 Å². The summed E-state index contributed by atoms with van der Waals surface area (Å²) in [7, 11) is 5.62. The number of aliphatic imine (C=N–C) groups is 1. The van der Waals surface area contributed by atoms with E-state index in [1.54, 1.807) is 19.3 Å². The van der Waals surface area contributed by atoms with Gasteiger partial charge in [-0.05, 0) is 62.5 Å². The van der Waals surface area contributed by atoms with E-state index < -0.39 is 0 Å². The molecule has 0 radical (unpaired) electrons. The Morgan fingerprint density at radius 1 is 1.30 bits per heavy atom. The number of hydrogen-bond donors (Lipinski definition) is 2. The van der Waals surface area contributed by atoms with E-state index in [9.17, 15) is 4.39 Å². The van der Waals surface area contributed by atoms with Gasteiger partial charge in [0.25, 0.3) is 0 Å². The third-order valence-electron chi connectivity index (χ3n) is 4.90. The van der Waals surface area contributed by atoms with Crippen LogP contribution in [-0.4, -0.2) is 55.1 Å². The minimum atomic E-state index is -0.352. The number of allylic oxidation sites excluding steroid dienone is 3. The highest BCUT2D eigenvalue weighted by Crippen LogP contribution is 2.27. The molecule has 3 aromatic rings. The summed E-state index contributed by atoms with van der Waals surface area (Å²) in [5, 5.41) is 4.81. The third kappa shape index (κ3) is 6.43. The van der Waals surface area contributed by atoms with Crippen LogP contribution < -0.4 is 5.32 Å². The first-order chi connectivity index (χ1) is 15.9. The lowest BCUT2D eigenvalue weighted by molar-refractivity contribution is 0.251. The highest BCUT2D eigenvalue weighted by Gasteiger charge is 2.15. The van der Waals surface area contributed by atoms with Crippen molar-refractivity contribution < 1.29 is 9.13 Å². The summed E-state index contributed by atoms with van der Waals surface area (Å²) in [5.74, 6) is 0.0666. The predicted molar refractivity (Wildman–Crippen MR) is 135 cm³/mol. The molecule has 0 fully saturated rings. The molecule has 0 saturated carbocycles. The Morgan fingerprint density at radius 2 is 2.12 bits per heavy atom. The minimum absolute atomic E-state index is 0.352. The first-order valence-electron chi connectivity index (χ1n) is 10.7. The first-order valence-corrected chi connectivity index (χ1v) is 11.1. The van der Waals surface area contributed by atoms with Gasteiger partial charge >= 0.3 is 0 Å². The second-order valence-electron chi connectivity index (χ2n) is 7.65. The largest absolute Gasteiger partial charge is 0.475 e. The van der Waals surface area contributed by atoms with Crippen LogP contribution in [0.4, 0.5) is 10.1 Å². The molecule has 0 aliphatic carbocycles. The van der Waals surface area contributed by atoms with Crippen LogP contribution in [0.15, 0.2) is 65.6 Å². The molecule has 3 rings (SSSR count). The van der Waals surface area contributed by atoms with Crippen molar-refractivity contribution in [2.45, 2.75) is 13.3 Å². The van der Waals surface area contributed by atoms with Crippen LogP contribution >= 0.6 is 11.6 Å². The van der Waals surface area contributed by atoms with Crippen LogP contribution in [0.1, 0.15) is 18.9 Å². The quantitative estimate of drug-likeness (QED) is 0.238. The van der Waals surface area contributed by atoms with Gasteiger partial charge < -0.3 is 19.9 Å². The van der Waals surface area contributed by atoms with Gasteiger partial charge in [0.15, 0.2) is 0 Å². The van der Waals surface area contributed by atoms with E-state index in [0.29, 0.717) is 40.8 Å². The zero-order chi connectivity index (χ0) is 23.8. The van der Waals surface area contributed by atoms with Crippen molar-refractivity contribution in [3.8, 4) is 0 Å². The van der Waals surface area contributed by atoms with E-state index in [2.05, 4.69) is 20.3 Å². The highest BCUT2D eigenvalue weighted by molar-refractivity contribution is 6.30. The number of aromatic nitrogens is 2. The number of rotatable bonds is 9. The Labute approximate surface area is 198 Å². The van der Waals surface area contributed by atoms with Gasteiger partial charge in [0.1, 0.15) is 23.8 Å². The van der Waals surface area contributed by atoms with Crippen LogP contribution in [0.3, 0.4) is 0 Å². The van der Waals surface area contributed by atoms with Gasteiger partial charge in [-0.1, -0.05) is 24.6 Å². The van der Waals surface area contributed by atoms with Crippen LogP contribution in [0.25, 0.3) is 16.6 Å². The van der Waals surface area contributed by atoms with Gasteiger partial charge in [0.05, 0.1) is 5.69 Å². The molecule has 6 nitrogen and oxygen atoms in total. The third-order valence-corrected chi connectivity index (χ3v) is 5.14. The zero-order valence-corrected chi connectivity index (χ0v) is 20.1. The van der Waals surface area contributed by atoms with Gasteiger partial charge in [-0.25, -0.2) is 9.37 Å². The summed E-state index contributed by atoms with van der Waals surface area (Å²) >= 11 is 6.17. The SMILES string of the molecule is CC/C=C(/C=C(/Nc1ccnc2[nH]ccc12)C(=NC)OCCN(C)C)c1cc(Cl)ccc1F. The Hall–Kier alpha value is -3.16. The average molecular weight is 470 g/mol. The summed E-state index contributed by atoms with van der Waals surface area (Å²) in [6, 6.07) is 8.35. The second-order valence-corrected chi connectivity index (χ2v) is 8.09. The van der Waals surface area contributed by atoms with E-state index in [0.717, 1.165) is 23.3 Å². The maximum Gasteiger partial charge on any atom is 0.232 e. The van der Waals surface area contributed by atoms with Gasteiger partial charge in [0, 0.05) is 42.0 Å². The fourth-order valence-electron chi connectivity index (χ4n) is 3.29. The Bertz CT molecular complexity index is 1180. The van der Waals surface area contributed by atoms with Crippen molar-refractivity contribution in [1.82, 2.24) is 14.9 Å². The van der Waals surface area contributed by atoms with Crippen LogP contribution in [0.5, 0.6) is 0 Å². The average Bonchev–Trinajstić information content (AvgIpc) is 3.27. The predicted octanol–water partition coefficient (Wildman–Crippen LogP) is 5.75. The molecule has 0 spiro atoms. The van der Waals surface area contributed by atoms with Crippen molar-refractivity contribution in [3.63, 3.8) is 0 Å². The molecule has 1 aromatic carbocycles. The summed E-state index contributed by atoms with van der Waals surface area (Å²) in [4.78, 5) is 13.9. The lowest BCUT2D eigenvalue weighted by atomic mass is 10.0. The molecular weight excluding hydrogens is 441 g/mol. The summed E-state index contributed by atoms with van der Waals surface area (Å²) in [5.41, 5.74) is 3.27. The normalized spacial score (nSPS) is 13.1. The van der Waals surface area contributed by atoms with E-state index in [1.807, 2.05) is 56.4 Å². The lowest BCUT2D eigenvalue weighted by Gasteiger charge is -2.18.